The van der Waals surface area contributed by atoms with Crippen LogP contribution in [0.3, 0.4) is 0 Å². The molecule has 3 aliphatic carbocycles. The molecule has 0 N–H and O–H groups in total. The molecule has 3 aliphatic rings. The van der Waals surface area contributed by atoms with Crippen molar-refractivity contribution < 1.29 is 18.8 Å². The van der Waals surface area contributed by atoms with Crippen molar-refractivity contribution >= 4 is 5.97 Å². The van der Waals surface area contributed by atoms with Gasteiger partial charge in [-0.05, 0) is 66.6 Å². The van der Waals surface area contributed by atoms with Crippen molar-refractivity contribution in [1.82, 2.24) is 0 Å². The number of quaternary nitrogens is 1. The highest BCUT2D eigenvalue weighted by molar-refractivity contribution is 5.70. The van der Waals surface area contributed by atoms with E-state index in [2.05, 4.69) is 55.6 Å². The number of carbonyl (C=O) groups is 1. The summed E-state index contributed by atoms with van der Waals surface area (Å²) < 4.78 is 13.1. The number of carbonyl (C=O) groups excluding carboxylic acids is 1. The van der Waals surface area contributed by atoms with Gasteiger partial charge in [-0.2, -0.15) is 0 Å². The van der Waals surface area contributed by atoms with Crippen LogP contribution < -0.4 is 0 Å². The molecule has 3 rings (SSSR count). The molecule has 0 spiro atoms. The molecule has 0 heterocycles. The summed E-state index contributed by atoms with van der Waals surface area (Å²) in [5.74, 6) is 2.49. The molecule has 3 fully saturated rings. The molecule has 0 aromatic rings. The van der Waals surface area contributed by atoms with E-state index in [1.54, 1.807) is 0 Å². The number of esters is 1. The molecule has 6 unspecified atom stereocenters. The Balaban J connectivity index is 1.46. The first-order valence-electron chi connectivity index (χ1n) is 12.5. The number of hydrogen-bond donors (Lipinski definition) is 0. The second-order valence-corrected chi connectivity index (χ2v) is 12.6. The normalized spacial score (nSPS) is 38.2. The number of hydrogen-bond acceptors (Lipinski definition) is 3. The van der Waals surface area contributed by atoms with E-state index in [4.69, 9.17) is 9.47 Å². The Hall–Kier alpha value is -0.610. The van der Waals surface area contributed by atoms with Gasteiger partial charge in [-0.25, -0.2) is 4.79 Å². The SMILES string of the molecule is CC1CCC(C(C)C)C(OC(=O)C[N+](C)(C)CCOC2CC3CCC2(C)C3(C)C)C1. The third-order valence-corrected chi connectivity index (χ3v) is 9.53. The van der Waals surface area contributed by atoms with E-state index in [0.29, 0.717) is 45.7 Å². The Labute approximate surface area is 185 Å². The van der Waals surface area contributed by atoms with E-state index < -0.39 is 0 Å². The van der Waals surface area contributed by atoms with Crippen LogP contribution in [0.4, 0.5) is 0 Å². The van der Waals surface area contributed by atoms with Gasteiger partial charge in [-0.3, -0.25) is 0 Å². The summed E-state index contributed by atoms with van der Waals surface area (Å²) in [7, 11) is 4.25. The lowest BCUT2D eigenvalue weighted by Crippen LogP contribution is -2.48. The monoisotopic (exact) mass is 422 g/mol. The fourth-order valence-electron chi connectivity index (χ4n) is 6.71. The van der Waals surface area contributed by atoms with Gasteiger partial charge < -0.3 is 14.0 Å². The fraction of sp³-hybridized carbons (Fsp3) is 0.962. The number of likely N-dealkylation sites (N-methyl/N-ethyl adjacent to an activating group) is 1. The van der Waals surface area contributed by atoms with Crippen LogP contribution in [-0.4, -0.2) is 56.5 Å². The minimum absolute atomic E-state index is 0.0437. The van der Waals surface area contributed by atoms with Crippen LogP contribution in [0.25, 0.3) is 0 Å². The van der Waals surface area contributed by atoms with E-state index in [-0.39, 0.29) is 12.1 Å². The number of rotatable bonds is 8. The molecule has 0 amide bonds. The molecule has 0 aromatic carbocycles. The maximum Gasteiger partial charge on any atom is 0.362 e. The largest absolute Gasteiger partial charge is 0.458 e. The first-order chi connectivity index (χ1) is 13.9. The van der Waals surface area contributed by atoms with Gasteiger partial charge in [0.2, 0.25) is 0 Å². The summed E-state index contributed by atoms with van der Waals surface area (Å²) in [5.41, 5.74) is 0.688. The molecule has 0 saturated heterocycles. The van der Waals surface area contributed by atoms with Crippen molar-refractivity contribution in [2.45, 2.75) is 92.3 Å². The summed E-state index contributed by atoms with van der Waals surface area (Å²) in [6.07, 6.45) is 7.76. The minimum Gasteiger partial charge on any atom is -0.458 e. The molecule has 4 heteroatoms. The molecule has 2 bridgehead atoms. The van der Waals surface area contributed by atoms with Gasteiger partial charge in [-0.15, -0.1) is 0 Å². The van der Waals surface area contributed by atoms with Crippen LogP contribution in [0, 0.1) is 34.5 Å². The zero-order chi connectivity index (χ0) is 22.3. The highest BCUT2D eigenvalue weighted by atomic mass is 16.5. The average molecular weight is 423 g/mol. The topological polar surface area (TPSA) is 35.5 Å². The Morgan fingerprint density at radius 2 is 1.80 bits per heavy atom. The molecule has 0 aromatic heterocycles. The minimum atomic E-state index is -0.0437. The maximum absolute atomic E-state index is 12.8. The Kier molecular flexibility index (Phi) is 7.00. The first kappa shape index (κ1) is 24.0. The standard InChI is InChI=1S/C26H48NO3/c1-18(2)21-10-9-19(3)15-22(21)30-24(28)17-27(7,8)13-14-29-23-16-20-11-12-26(23,6)25(20,4)5/h18-23H,9-17H2,1-8H3/q+1. The predicted octanol–water partition coefficient (Wildman–Crippen LogP) is 5.30. The van der Waals surface area contributed by atoms with Gasteiger partial charge in [0, 0.05) is 0 Å². The van der Waals surface area contributed by atoms with Gasteiger partial charge in [-0.1, -0.05) is 48.0 Å². The Morgan fingerprint density at radius 1 is 1.10 bits per heavy atom. The number of nitrogens with zero attached hydrogens (tertiary/aromatic N) is 1. The second-order valence-electron chi connectivity index (χ2n) is 12.6. The number of fused-ring (bicyclic) bond motifs is 2. The van der Waals surface area contributed by atoms with Crippen LogP contribution >= 0.6 is 0 Å². The van der Waals surface area contributed by atoms with E-state index in [1.165, 1.54) is 32.1 Å². The van der Waals surface area contributed by atoms with Crippen molar-refractivity contribution in [2.24, 2.45) is 34.5 Å². The maximum atomic E-state index is 12.8. The predicted molar refractivity (Wildman–Crippen MR) is 122 cm³/mol. The number of ether oxygens (including phenoxy) is 2. The average Bonchev–Trinajstić information content (AvgIpc) is 2.94. The van der Waals surface area contributed by atoms with E-state index in [0.717, 1.165) is 25.5 Å². The Morgan fingerprint density at radius 3 is 2.37 bits per heavy atom. The molecule has 4 nitrogen and oxygen atoms in total. The van der Waals surface area contributed by atoms with Crippen LogP contribution in [0.15, 0.2) is 0 Å². The van der Waals surface area contributed by atoms with Crippen LogP contribution in [-0.2, 0) is 14.3 Å². The summed E-state index contributed by atoms with van der Waals surface area (Å²) >= 11 is 0. The molecule has 3 saturated carbocycles. The lowest BCUT2D eigenvalue weighted by atomic mass is 9.70. The first-order valence-corrected chi connectivity index (χ1v) is 12.5. The lowest BCUT2D eigenvalue weighted by Gasteiger charge is -2.39. The molecule has 0 radical (unpaired) electrons. The van der Waals surface area contributed by atoms with E-state index in [9.17, 15) is 4.79 Å². The van der Waals surface area contributed by atoms with Gasteiger partial charge >= 0.3 is 5.97 Å². The van der Waals surface area contributed by atoms with Crippen molar-refractivity contribution in [3.63, 3.8) is 0 Å². The smallest absolute Gasteiger partial charge is 0.362 e. The zero-order valence-electron chi connectivity index (χ0n) is 21.0. The summed E-state index contributed by atoms with van der Waals surface area (Å²) in [4.78, 5) is 12.8. The van der Waals surface area contributed by atoms with Crippen LogP contribution in [0.2, 0.25) is 0 Å². The van der Waals surface area contributed by atoms with Crippen LogP contribution in [0.5, 0.6) is 0 Å². The second kappa shape index (κ2) is 8.73. The quantitative estimate of drug-likeness (QED) is 0.393. The molecule has 174 valence electrons. The summed E-state index contributed by atoms with van der Waals surface area (Å²) in [6.45, 7) is 16.1. The fourth-order valence-corrected chi connectivity index (χ4v) is 6.71. The molecule has 0 aliphatic heterocycles. The third kappa shape index (κ3) is 4.75. The molecular weight excluding hydrogens is 374 g/mol. The zero-order valence-corrected chi connectivity index (χ0v) is 21.0. The molecule has 30 heavy (non-hydrogen) atoms. The lowest BCUT2D eigenvalue weighted by molar-refractivity contribution is -0.883. The third-order valence-electron chi connectivity index (χ3n) is 9.53. The summed E-state index contributed by atoms with van der Waals surface area (Å²) in [5, 5.41) is 0. The highest BCUT2D eigenvalue weighted by Crippen LogP contribution is 2.66. The van der Waals surface area contributed by atoms with Gasteiger partial charge in [0.05, 0.1) is 26.8 Å². The molecular formula is C26H48NO3+. The van der Waals surface area contributed by atoms with E-state index in [1.807, 2.05) is 0 Å². The summed E-state index contributed by atoms with van der Waals surface area (Å²) in [6, 6.07) is 0. The molecule has 6 atom stereocenters. The van der Waals surface area contributed by atoms with Crippen LogP contribution in [0.1, 0.15) is 80.1 Å². The van der Waals surface area contributed by atoms with Gasteiger partial charge in [0.1, 0.15) is 12.6 Å². The Bertz CT molecular complexity index is 613. The van der Waals surface area contributed by atoms with Crippen molar-refractivity contribution in [1.29, 1.82) is 0 Å². The van der Waals surface area contributed by atoms with Crippen molar-refractivity contribution in [3.05, 3.63) is 0 Å². The van der Waals surface area contributed by atoms with Crippen molar-refractivity contribution in [2.75, 3.05) is 33.8 Å². The van der Waals surface area contributed by atoms with E-state index >= 15 is 0 Å². The highest BCUT2D eigenvalue weighted by Gasteiger charge is 2.61. The van der Waals surface area contributed by atoms with Crippen molar-refractivity contribution in [3.8, 4) is 0 Å². The van der Waals surface area contributed by atoms with Gasteiger partial charge in [0.15, 0.2) is 6.54 Å². The van der Waals surface area contributed by atoms with Gasteiger partial charge in [0.25, 0.3) is 0 Å².